The van der Waals surface area contributed by atoms with Crippen molar-refractivity contribution in [2.75, 3.05) is 7.11 Å². The van der Waals surface area contributed by atoms with Crippen molar-refractivity contribution >= 4 is 29.2 Å². The highest BCUT2D eigenvalue weighted by Gasteiger charge is 2.45. The SMILES string of the molecule is COc1ccc(C(Cc2ccc(Cl)cc2)C(=O)NC(C(=O)N[C@H](C(=O)C(F)(F)F)C(C)C)c2ccccc2)cc1. The predicted molar refractivity (Wildman–Crippen MR) is 146 cm³/mol. The summed E-state index contributed by atoms with van der Waals surface area (Å²) in [5, 5.41) is 5.47. The number of hydrogen-bond donors (Lipinski definition) is 2. The van der Waals surface area contributed by atoms with E-state index in [-0.39, 0.29) is 6.42 Å². The van der Waals surface area contributed by atoms with Crippen molar-refractivity contribution in [2.45, 2.75) is 44.4 Å². The van der Waals surface area contributed by atoms with Crippen molar-refractivity contribution in [1.82, 2.24) is 10.6 Å². The van der Waals surface area contributed by atoms with Crippen molar-refractivity contribution in [3.8, 4) is 5.75 Å². The number of ether oxygens (including phenoxy) is 1. The number of benzene rings is 3. The minimum atomic E-state index is -5.13. The highest BCUT2D eigenvalue weighted by molar-refractivity contribution is 6.30. The van der Waals surface area contributed by atoms with Crippen LogP contribution < -0.4 is 15.4 Å². The van der Waals surface area contributed by atoms with E-state index in [9.17, 15) is 27.6 Å². The van der Waals surface area contributed by atoms with E-state index in [1.807, 2.05) is 0 Å². The number of carbonyl (C=O) groups excluding carboxylic acids is 3. The second kappa shape index (κ2) is 13.5. The number of Topliss-reactive ketones (excluding diaryl/α,β-unsaturated/α-hetero) is 1. The number of hydrogen-bond acceptors (Lipinski definition) is 4. The third kappa shape index (κ3) is 8.08. The third-order valence-corrected chi connectivity index (χ3v) is 6.65. The lowest BCUT2D eigenvalue weighted by Gasteiger charge is -2.27. The Labute approximate surface area is 235 Å². The normalized spacial score (nSPS) is 13.7. The van der Waals surface area contributed by atoms with Gasteiger partial charge >= 0.3 is 6.18 Å². The van der Waals surface area contributed by atoms with Gasteiger partial charge in [-0.25, -0.2) is 0 Å². The zero-order valence-corrected chi connectivity index (χ0v) is 22.9. The monoisotopic (exact) mass is 574 g/mol. The Kier molecular flexibility index (Phi) is 10.3. The van der Waals surface area contributed by atoms with Gasteiger partial charge in [-0.15, -0.1) is 0 Å². The fourth-order valence-corrected chi connectivity index (χ4v) is 4.32. The number of nitrogens with one attached hydrogen (secondary N) is 2. The second-order valence-electron chi connectivity index (χ2n) is 9.60. The summed E-state index contributed by atoms with van der Waals surface area (Å²) in [6, 6.07) is 18.8. The van der Waals surface area contributed by atoms with Crippen LogP contribution in [0, 0.1) is 5.92 Å². The van der Waals surface area contributed by atoms with Crippen molar-refractivity contribution in [3.63, 3.8) is 0 Å². The minimum Gasteiger partial charge on any atom is -0.497 e. The Hall–Kier alpha value is -3.85. The van der Waals surface area contributed by atoms with Gasteiger partial charge in [-0.3, -0.25) is 14.4 Å². The summed E-state index contributed by atoms with van der Waals surface area (Å²) in [5.41, 5.74) is 1.78. The van der Waals surface area contributed by atoms with Crippen LogP contribution in [0.2, 0.25) is 5.02 Å². The Morgan fingerprint density at radius 1 is 0.825 bits per heavy atom. The Morgan fingerprint density at radius 3 is 1.95 bits per heavy atom. The molecule has 0 bridgehead atoms. The lowest BCUT2D eigenvalue weighted by Crippen LogP contribution is -2.53. The van der Waals surface area contributed by atoms with Crippen LogP contribution in [0.25, 0.3) is 0 Å². The third-order valence-electron chi connectivity index (χ3n) is 6.40. The Bertz CT molecular complexity index is 1300. The molecular formula is C30H30ClF3N2O4. The average molecular weight is 575 g/mol. The highest BCUT2D eigenvalue weighted by Crippen LogP contribution is 2.27. The van der Waals surface area contributed by atoms with Crippen LogP contribution in [-0.2, 0) is 20.8 Å². The molecule has 0 fully saturated rings. The van der Waals surface area contributed by atoms with Crippen molar-refractivity contribution < 1.29 is 32.3 Å². The number of alkyl halides is 3. The smallest absolute Gasteiger partial charge is 0.452 e. The Morgan fingerprint density at radius 2 is 1.43 bits per heavy atom. The van der Waals surface area contributed by atoms with E-state index < -0.39 is 47.7 Å². The molecule has 0 heterocycles. The maximum atomic E-state index is 13.8. The van der Waals surface area contributed by atoms with E-state index >= 15 is 0 Å². The molecule has 0 radical (unpaired) electrons. The number of carbonyl (C=O) groups is 3. The van der Waals surface area contributed by atoms with Crippen molar-refractivity contribution in [2.24, 2.45) is 5.92 Å². The molecule has 0 saturated carbocycles. The van der Waals surface area contributed by atoms with Gasteiger partial charge in [-0.05, 0) is 53.3 Å². The standard InChI is InChI=1S/C30H30ClF3N2O4/c1-18(2)25(27(37)30(32,33)34)35-29(39)26(21-7-5-4-6-8-21)36-28(38)24(17-19-9-13-22(31)14-10-19)20-11-15-23(40-3)16-12-20/h4-16,18,24-26H,17H2,1-3H3,(H,35,39)(H,36,38)/t24?,25-,26?/m0/s1. The maximum absolute atomic E-state index is 13.8. The second-order valence-corrected chi connectivity index (χ2v) is 10.0. The Balaban J connectivity index is 1.95. The molecule has 0 aliphatic carbocycles. The van der Waals surface area contributed by atoms with Gasteiger partial charge in [0.15, 0.2) is 0 Å². The largest absolute Gasteiger partial charge is 0.497 e. The molecule has 0 aliphatic heterocycles. The number of rotatable bonds is 11. The average Bonchev–Trinajstić information content (AvgIpc) is 2.93. The van der Waals surface area contributed by atoms with Gasteiger partial charge in [0.2, 0.25) is 11.8 Å². The number of methoxy groups -OCH3 is 1. The van der Waals surface area contributed by atoms with Gasteiger partial charge in [0.05, 0.1) is 19.1 Å². The first-order valence-corrected chi connectivity index (χ1v) is 12.9. The fraction of sp³-hybridized carbons (Fsp3) is 0.300. The van der Waals surface area contributed by atoms with Gasteiger partial charge in [0.1, 0.15) is 11.8 Å². The van der Waals surface area contributed by atoms with Gasteiger partial charge in [-0.2, -0.15) is 13.2 Å². The van der Waals surface area contributed by atoms with Crippen molar-refractivity contribution in [3.05, 3.63) is 101 Å². The molecule has 10 heteroatoms. The summed E-state index contributed by atoms with van der Waals surface area (Å²) in [7, 11) is 1.52. The summed E-state index contributed by atoms with van der Waals surface area (Å²) < 4.78 is 44.9. The van der Waals surface area contributed by atoms with Gasteiger partial charge in [0.25, 0.3) is 5.78 Å². The molecule has 0 spiro atoms. The van der Waals surface area contributed by atoms with E-state index in [1.165, 1.54) is 21.0 Å². The zero-order valence-electron chi connectivity index (χ0n) is 22.2. The molecule has 3 aromatic carbocycles. The molecule has 0 aromatic heterocycles. The van der Waals surface area contributed by atoms with Crippen LogP contribution in [0.4, 0.5) is 13.2 Å². The first-order valence-electron chi connectivity index (χ1n) is 12.6. The lowest BCUT2D eigenvalue weighted by atomic mass is 9.90. The molecule has 2 unspecified atom stereocenters. The molecule has 0 aliphatic rings. The molecule has 40 heavy (non-hydrogen) atoms. The van der Waals surface area contributed by atoms with Crippen molar-refractivity contribution in [1.29, 1.82) is 0 Å². The summed E-state index contributed by atoms with van der Waals surface area (Å²) in [4.78, 5) is 39.2. The molecule has 3 atom stereocenters. The quantitative estimate of drug-likeness (QED) is 0.303. The molecule has 212 valence electrons. The predicted octanol–water partition coefficient (Wildman–Crippen LogP) is 5.80. The maximum Gasteiger partial charge on any atom is 0.452 e. The highest BCUT2D eigenvalue weighted by atomic mass is 35.5. The molecular weight excluding hydrogens is 545 g/mol. The summed E-state index contributed by atoms with van der Waals surface area (Å²) in [6.45, 7) is 2.80. The first kappa shape index (κ1) is 30.7. The van der Waals surface area contributed by atoms with Crippen LogP contribution in [0.3, 0.4) is 0 Å². The molecule has 0 saturated heterocycles. The number of amides is 2. The topological polar surface area (TPSA) is 84.5 Å². The molecule has 6 nitrogen and oxygen atoms in total. The van der Waals surface area contributed by atoms with E-state index in [1.54, 1.807) is 78.9 Å². The molecule has 3 rings (SSSR count). The fourth-order valence-electron chi connectivity index (χ4n) is 4.19. The molecule has 3 aromatic rings. The number of halogens is 4. The lowest BCUT2D eigenvalue weighted by molar-refractivity contribution is -0.175. The van der Waals surface area contributed by atoms with Crippen LogP contribution >= 0.6 is 11.6 Å². The zero-order chi connectivity index (χ0) is 29.4. The van der Waals surface area contributed by atoms with E-state index in [2.05, 4.69) is 10.6 Å². The van der Waals surface area contributed by atoms with E-state index in [0.717, 1.165) is 5.56 Å². The van der Waals surface area contributed by atoms with E-state index in [4.69, 9.17) is 16.3 Å². The summed E-state index contributed by atoms with van der Waals surface area (Å²) >= 11 is 6.01. The van der Waals surface area contributed by atoms with Crippen LogP contribution in [0.5, 0.6) is 5.75 Å². The van der Waals surface area contributed by atoms with Gasteiger partial charge in [0, 0.05) is 5.02 Å². The molecule has 2 amide bonds. The van der Waals surface area contributed by atoms with Crippen LogP contribution in [0.15, 0.2) is 78.9 Å². The number of ketones is 1. The van der Waals surface area contributed by atoms with Crippen LogP contribution in [-0.4, -0.2) is 36.9 Å². The van der Waals surface area contributed by atoms with Gasteiger partial charge in [-0.1, -0.05) is 80.0 Å². The van der Waals surface area contributed by atoms with Crippen LogP contribution in [0.1, 0.15) is 42.5 Å². The first-order chi connectivity index (χ1) is 18.9. The minimum absolute atomic E-state index is 0.250. The summed E-state index contributed by atoms with van der Waals surface area (Å²) in [5.74, 6) is -4.56. The van der Waals surface area contributed by atoms with Gasteiger partial charge < -0.3 is 15.4 Å². The molecule has 2 N–H and O–H groups in total. The van der Waals surface area contributed by atoms with E-state index in [0.29, 0.717) is 21.9 Å². The summed E-state index contributed by atoms with van der Waals surface area (Å²) in [6.07, 6.45) is -4.88.